The van der Waals surface area contributed by atoms with Gasteiger partial charge in [-0.05, 0) is 40.8 Å². The molecule has 0 aliphatic heterocycles. The van der Waals surface area contributed by atoms with Crippen LogP contribution in [0.4, 0.5) is 13.2 Å². The molecule has 1 N–H and O–H groups in total. The van der Waals surface area contributed by atoms with Crippen molar-refractivity contribution in [1.82, 2.24) is 10.2 Å². The van der Waals surface area contributed by atoms with Crippen LogP contribution in [0.1, 0.15) is 5.56 Å². The lowest BCUT2D eigenvalue weighted by Gasteiger charge is -2.06. The highest BCUT2D eigenvalue weighted by Gasteiger charge is 2.29. The summed E-state index contributed by atoms with van der Waals surface area (Å²) in [5.74, 6) is 0. The van der Waals surface area contributed by atoms with Crippen molar-refractivity contribution >= 4 is 22.6 Å². The molecule has 0 fully saturated rings. The normalized spacial score (nSPS) is 11.8. The highest BCUT2D eigenvalue weighted by Crippen LogP contribution is 2.30. The minimum absolute atomic E-state index is 0.637. The largest absolute Gasteiger partial charge is 0.416 e. The number of halogens is 4. The fraction of sp³-hybridized carbons (Fsp3) is 0.100. The predicted octanol–water partition coefficient (Wildman–Crippen LogP) is 3.70. The number of rotatable bonds is 1. The zero-order chi connectivity index (χ0) is 11.8. The van der Waals surface area contributed by atoms with E-state index in [0.29, 0.717) is 11.3 Å². The summed E-state index contributed by atoms with van der Waals surface area (Å²) < 4.78 is 37.7. The molecule has 1 aromatic carbocycles. The Hall–Kier alpha value is -1.05. The zero-order valence-electron chi connectivity index (χ0n) is 7.85. The van der Waals surface area contributed by atoms with Gasteiger partial charge in [0, 0.05) is 5.56 Å². The van der Waals surface area contributed by atoms with Gasteiger partial charge in [-0.1, -0.05) is 12.1 Å². The van der Waals surface area contributed by atoms with Crippen LogP contribution >= 0.6 is 22.6 Å². The van der Waals surface area contributed by atoms with E-state index in [2.05, 4.69) is 10.2 Å². The van der Waals surface area contributed by atoms with Crippen molar-refractivity contribution in [3.05, 3.63) is 39.6 Å². The molecule has 84 valence electrons. The van der Waals surface area contributed by atoms with E-state index < -0.39 is 11.7 Å². The van der Waals surface area contributed by atoms with E-state index >= 15 is 0 Å². The molecule has 0 radical (unpaired) electrons. The van der Waals surface area contributed by atoms with Crippen LogP contribution < -0.4 is 0 Å². The minimum atomic E-state index is -4.29. The Morgan fingerprint density at radius 1 is 1.12 bits per heavy atom. The third-order valence-electron chi connectivity index (χ3n) is 2.05. The molecule has 2 nitrogen and oxygen atoms in total. The summed E-state index contributed by atoms with van der Waals surface area (Å²) in [7, 11) is 0. The number of nitrogens with one attached hydrogen (secondary N) is 1. The Morgan fingerprint density at radius 2 is 1.75 bits per heavy atom. The van der Waals surface area contributed by atoms with Gasteiger partial charge in [0.15, 0.2) is 0 Å². The smallest absolute Gasteiger partial charge is 0.272 e. The van der Waals surface area contributed by atoms with Gasteiger partial charge < -0.3 is 0 Å². The lowest BCUT2D eigenvalue weighted by atomic mass is 10.1. The number of hydrogen-bond donors (Lipinski definition) is 1. The summed E-state index contributed by atoms with van der Waals surface area (Å²) in [6, 6.07) is 6.70. The number of aromatic amines is 1. The van der Waals surface area contributed by atoms with E-state index in [1.165, 1.54) is 12.1 Å². The number of H-pyrrole nitrogens is 1. The van der Waals surface area contributed by atoms with Gasteiger partial charge in [0.25, 0.3) is 0 Å². The molecule has 0 amide bonds. The van der Waals surface area contributed by atoms with Crippen LogP contribution in [-0.4, -0.2) is 10.2 Å². The summed E-state index contributed by atoms with van der Waals surface area (Å²) in [6.07, 6.45) is -4.29. The minimum Gasteiger partial charge on any atom is -0.272 e. The average molecular weight is 338 g/mol. The molecule has 0 aliphatic carbocycles. The molecule has 0 aliphatic rings. The fourth-order valence-corrected chi connectivity index (χ4v) is 1.69. The summed E-state index contributed by atoms with van der Waals surface area (Å²) in [5, 5.41) is 6.69. The molecule has 0 saturated heterocycles. The summed E-state index contributed by atoms with van der Waals surface area (Å²) in [6.45, 7) is 0. The molecule has 1 aromatic heterocycles. The standard InChI is InChI=1S/C10H6F3IN2/c11-10(12,13)7-3-1-6(2-4-7)8-5-9(14)16-15-8/h1-5H,(H,15,16). The van der Waals surface area contributed by atoms with Gasteiger partial charge in [-0.15, -0.1) is 0 Å². The number of hydrogen-bond acceptors (Lipinski definition) is 1. The maximum Gasteiger partial charge on any atom is 0.416 e. The van der Waals surface area contributed by atoms with Crippen molar-refractivity contribution in [1.29, 1.82) is 0 Å². The van der Waals surface area contributed by atoms with Crippen LogP contribution in [0.25, 0.3) is 11.3 Å². The highest BCUT2D eigenvalue weighted by molar-refractivity contribution is 14.1. The number of alkyl halides is 3. The van der Waals surface area contributed by atoms with E-state index in [1.807, 2.05) is 22.6 Å². The molecule has 2 aromatic rings. The maximum atomic E-state index is 12.3. The van der Waals surface area contributed by atoms with Gasteiger partial charge in [-0.2, -0.15) is 18.3 Å². The Morgan fingerprint density at radius 3 is 2.19 bits per heavy atom. The molecular formula is C10H6F3IN2. The molecule has 0 atom stereocenters. The fourth-order valence-electron chi connectivity index (χ4n) is 1.28. The third-order valence-corrected chi connectivity index (χ3v) is 2.61. The summed E-state index contributed by atoms with van der Waals surface area (Å²) in [4.78, 5) is 0. The Bertz CT molecular complexity index is 488. The monoisotopic (exact) mass is 338 g/mol. The molecular weight excluding hydrogens is 332 g/mol. The van der Waals surface area contributed by atoms with Gasteiger partial charge >= 0.3 is 6.18 Å². The van der Waals surface area contributed by atoms with Crippen LogP contribution in [0.3, 0.4) is 0 Å². The van der Waals surface area contributed by atoms with E-state index in [9.17, 15) is 13.2 Å². The van der Waals surface area contributed by atoms with Gasteiger partial charge in [0.1, 0.15) is 0 Å². The molecule has 0 unspecified atom stereocenters. The Kier molecular flexibility index (Phi) is 2.92. The topological polar surface area (TPSA) is 28.7 Å². The van der Waals surface area contributed by atoms with E-state index in [-0.39, 0.29) is 0 Å². The van der Waals surface area contributed by atoms with Crippen molar-refractivity contribution < 1.29 is 13.2 Å². The number of benzene rings is 1. The van der Waals surface area contributed by atoms with Crippen LogP contribution in [0.5, 0.6) is 0 Å². The quantitative estimate of drug-likeness (QED) is 0.790. The number of aromatic nitrogens is 2. The van der Waals surface area contributed by atoms with Crippen LogP contribution in [0.2, 0.25) is 0 Å². The lowest BCUT2D eigenvalue weighted by Crippen LogP contribution is -2.03. The highest BCUT2D eigenvalue weighted by atomic mass is 127. The predicted molar refractivity (Wildman–Crippen MR) is 61.7 cm³/mol. The first kappa shape index (κ1) is 11.4. The van der Waals surface area contributed by atoms with Crippen LogP contribution in [-0.2, 0) is 6.18 Å². The van der Waals surface area contributed by atoms with Gasteiger partial charge in [0.2, 0.25) is 0 Å². The van der Waals surface area contributed by atoms with Gasteiger partial charge in [0.05, 0.1) is 15.0 Å². The van der Waals surface area contributed by atoms with Gasteiger partial charge in [-0.25, -0.2) is 0 Å². The molecule has 0 saturated carbocycles. The van der Waals surface area contributed by atoms with Crippen molar-refractivity contribution in [2.24, 2.45) is 0 Å². The first-order chi connectivity index (χ1) is 7.47. The molecule has 2 rings (SSSR count). The Labute approximate surface area is 103 Å². The number of nitrogens with zero attached hydrogens (tertiary/aromatic N) is 1. The molecule has 0 spiro atoms. The SMILES string of the molecule is FC(F)(F)c1ccc(-c2cc(I)[nH]n2)cc1. The first-order valence-corrected chi connectivity index (χ1v) is 5.43. The second-order valence-electron chi connectivity index (χ2n) is 3.18. The average Bonchev–Trinajstić information content (AvgIpc) is 2.64. The van der Waals surface area contributed by atoms with E-state index in [0.717, 1.165) is 15.8 Å². The second kappa shape index (κ2) is 4.08. The van der Waals surface area contributed by atoms with Crippen molar-refractivity contribution in [3.8, 4) is 11.3 Å². The molecule has 6 heteroatoms. The van der Waals surface area contributed by atoms with Crippen molar-refractivity contribution in [2.45, 2.75) is 6.18 Å². The van der Waals surface area contributed by atoms with Crippen LogP contribution in [0, 0.1) is 3.70 Å². The van der Waals surface area contributed by atoms with E-state index in [1.54, 1.807) is 6.07 Å². The third kappa shape index (κ3) is 2.37. The van der Waals surface area contributed by atoms with Gasteiger partial charge in [-0.3, -0.25) is 5.10 Å². The maximum absolute atomic E-state index is 12.3. The second-order valence-corrected chi connectivity index (χ2v) is 4.34. The summed E-state index contributed by atoms with van der Waals surface area (Å²) >= 11 is 2.05. The molecule has 1 heterocycles. The van der Waals surface area contributed by atoms with Crippen molar-refractivity contribution in [3.63, 3.8) is 0 Å². The first-order valence-electron chi connectivity index (χ1n) is 4.35. The summed E-state index contributed by atoms with van der Waals surface area (Å²) in [5.41, 5.74) is 0.645. The Balaban J connectivity index is 2.33. The van der Waals surface area contributed by atoms with Crippen molar-refractivity contribution in [2.75, 3.05) is 0 Å². The molecule has 16 heavy (non-hydrogen) atoms. The van der Waals surface area contributed by atoms with E-state index in [4.69, 9.17) is 0 Å². The van der Waals surface area contributed by atoms with Crippen LogP contribution in [0.15, 0.2) is 30.3 Å². The zero-order valence-corrected chi connectivity index (χ0v) is 10.0. The molecule has 0 bridgehead atoms. The lowest BCUT2D eigenvalue weighted by molar-refractivity contribution is -0.137.